The van der Waals surface area contributed by atoms with Crippen LogP contribution in [0.1, 0.15) is 37.1 Å². The van der Waals surface area contributed by atoms with E-state index in [9.17, 15) is 4.39 Å². The van der Waals surface area contributed by atoms with Gasteiger partial charge in [-0.3, -0.25) is 4.99 Å². The third kappa shape index (κ3) is 3.70. The summed E-state index contributed by atoms with van der Waals surface area (Å²) < 4.78 is 16.3. The monoisotopic (exact) mass is 369 g/mol. The average molecular weight is 369 g/mol. The highest BCUT2D eigenvalue weighted by Gasteiger charge is 2.35. The number of rotatable bonds is 3. The first-order valence-corrected chi connectivity index (χ1v) is 9.90. The average Bonchev–Trinajstić information content (AvgIpc) is 3.28. The Morgan fingerprint density at radius 2 is 2.00 bits per heavy atom. The minimum atomic E-state index is -0.238. The maximum absolute atomic E-state index is 14.6. The lowest BCUT2D eigenvalue weighted by Crippen LogP contribution is -2.39. The number of aryl methyl sites for hydroxylation is 1. The summed E-state index contributed by atoms with van der Waals surface area (Å²) in [6.07, 6.45) is 8.88. The molecule has 27 heavy (non-hydrogen) atoms. The number of benzene rings is 1. The van der Waals surface area contributed by atoms with Gasteiger partial charge in [0.05, 0.1) is 5.69 Å². The van der Waals surface area contributed by atoms with Gasteiger partial charge in [-0.2, -0.15) is 0 Å². The molecule has 2 unspecified atom stereocenters. The highest BCUT2D eigenvalue weighted by Crippen LogP contribution is 2.35. The van der Waals surface area contributed by atoms with E-state index in [2.05, 4.69) is 20.2 Å². The van der Waals surface area contributed by atoms with E-state index in [0.29, 0.717) is 12.2 Å². The minimum absolute atomic E-state index is 0.238. The van der Waals surface area contributed by atoms with E-state index in [1.54, 1.807) is 23.0 Å². The zero-order valence-electron chi connectivity index (χ0n) is 16.2. The second-order valence-electron chi connectivity index (χ2n) is 7.74. The number of hydrogen-bond acceptors (Lipinski definition) is 2. The van der Waals surface area contributed by atoms with Crippen LogP contribution in [-0.4, -0.2) is 40.5 Å². The lowest BCUT2D eigenvalue weighted by Gasteiger charge is -2.22. The highest BCUT2D eigenvalue weighted by molar-refractivity contribution is 5.80. The molecule has 6 heteroatoms. The molecule has 1 aromatic carbocycles. The van der Waals surface area contributed by atoms with Crippen LogP contribution < -0.4 is 5.32 Å². The standard InChI is InChI=1S/C21H28FN5/c1-15-24-9-10-27(15)20-8-7-16(11-19(20)22)12-25-21(23-2)26-13-17-5-3-4-6-18(17)14-26/h7-11,17-18H,3-6,12-14H2,1-2H3,(H,23,25). The SMILES string of the molecule is CN=C(NCc1ccc(-n2ccnc2C)c(F)c1)N1CC2CCCCC2C1. The van der Waals surface area contributed by atoms with Crippen molar-refractivity contribution >= 4 is 5.96 Å². The van der Waals surface area contributed by atoms with Crippen molar-refractivity contribution in [1.29, 1.82) is 0 Å². The Bertz CT molecular complexity index is 814. The number of nitrogens with zero attached hydrogens (tertiary/aromatic N) is 4. The summed E-state index contributed by atoms with van der Waals surface area (Å²) in [6, 6.07) is 5.37. The van der Waals surface area contributed by atoms with E-state index in [1.807, 2.05) is 26.1 Å². The van der Waals surface area contributed by atoms with Crippen molar-refractivity contribution in [2.24, 2.45) is 16.8 Å². The Kier molecular flexibility index (Phi) is 5.14. The molecule has 0 spiro atoms. The maximum atomic E-state index is 14.6. The smallest absolute Gasteiger partial charge is 0.193 e. The third-order valence-corrected chi connectivity index (χ3v) is 6.04. The zero-order chi connectivity index (χ0) is 18.8. The van der Waals surface area contributed by atoms with Crippen LogP contribution in [-0.2, 0) is 6.54 Å². The van der Waals surface area contributed by atoms with Gasteiger partial charge in [0, 0.05) is 39.1 Å². The summed E-state index contributed by atoms with van der Waals surface area (Å²) >= 11 is 0. The molecule has 2 aromatic rings. The molecule has 1 saturated carbocycles. The molecule has 1 aromatic heterocycles. The van der Waals surface area contributed by atoms with E-state index in [1.165, 1.54) is 25.7 Å². The Labute approximate surface area is 160 Å². The first-order valence-electron chi connectivity index (χ1n) is 9.90. The normalized spacial score (nSPS) is 22.8. The molecule has 0 radical (unpaired) electrons. The van der Waals surface area contributed by atoms with E-state index in [-0.39, 0.29) is 5.82 Å². The summed E-state index contributed by atoms with van der Waals surface area (Å²) in [5.41, 5.74) is 1.44. The predicted octanol–water partition coefficient (Wildman–Crippen LogP) is 3.52. The Morgan fingerprint density at radius 1 is 1.26 bits per heavy atom. The van der Waals surface area contributed by atoms with Gasteiger partial charge < -0.3 is 14.8 Å². The number of likely N-dealkylation sites (tertiary alicyclic amines) is 1. The van der Waals surface area contributed by atoms with Crippen molar-refractivity contribution in [1.82, 2.24) is 19.8 Å². The van der Waals surface area contributed by atoms with Gasteiger partial charge in [0.25, 0.3) is 0 Å². The molecular formula is C21H28FN5. The summed E-state index contributed by atoms with van der Waals surface area (Å²) in [7, 11) is 1.83. The number of guanidine groups is 1. The van der Waals surface area contributed by atoms with Gasteiger partial charge in [0.15, 0.2) is 5.96 Å². The van der Waals surface area contributed by atoms with E-state index in [0.717, 1.165) is 42.3 Å². The van der Waals surface area contributed by atoms with Gasteiger partial charge in [-0.25, -0.2) is 9.37 Å². The number of imidazole rings is 1. The second kappa shape index (κ2) is 7.71. The molecule has 1 saturated heterocycles. The molecule has 144 valence electrons. The fourth-order valence-electron chi connectivity index (χ4n) is 4.58. The summed E-state index contributed by atoms with van der Waals surface area (Å²) in [4.78, 5) is 11.0. The Balaban J connectivity index is 1.40. The topological polar surface area (TPSA) is 45.5 Å². The maximum Gasteiger partial charge on any atom is 0.193 e. The van der Waals surface area contributed by atoms with Crippen molar-refractivity contribution < 1.29 is 4.39 Å². The van der Waals surface area contributed by atoms with Crippen LogP contribution in [0.2, 0.25) is 0 Å². The molecule has 2 aliphatic rings. The summed E-state index contributed by atoms with van der Waals surface area (Å²) in [5.74, 6) is 3.09. The molecule has 0 bridgehead atoms. The lowest BCUT2D eigenvalue weighted by atomic mass is 9.82. The number of aliphatic imine (C=N–C) groups is 1. The quantitative estimate of drug-likeness (QED) is 0.665. The lowest BCUT2D eigenvalue weighted by molar-refractivity contribution is 0.299. The molecule has 5 nitrogen and oxygen atoms in total. The fraction of sp³-hybridized carbons (Fsp3) is 0.524. The van der Waals surface area contributed by atoms with Gasteiger partial charge in [0.1, 0.15) is 11.6 Å². The van der Waals surface area contributed by atoms with Crippen LogP contribution in [0.5, 0.6) is 0 Å². The predicted molar refractivity (Wildman–Crippen MR) is 105 cm³/mol. The molecule has 2 heterocycles. The molecule has 1 aliphatic carbocycles. The molecule has 1 N–H and O–H groups in total. The van der Waals surface area contributed by atoms with E-state index >= 15 is 0 Å². The van der Waals surface area contributed by atoms with Gasteiger partial charge >= 0.3 is 0 Å². The molecule has 1 aliphatic heterocycles. The number of halogens is 1. The van der Waals surface area contributed by atoms with E-state index in [4.69, 9.17) is 0 Å². The number of aromatic nitrogens is 2. The number of nitrogens with one attached hydrogen (secondary N) is 1. The third-order valence-electron chi connectivity index (χ3n) is 6.04. The van der Waals surface area contributed by atoms with Gasteiger partial charge in [0.2, 0.25) is 0 Å². The fourth-order valence-corrected chi connectivity index (χ4v) is 4.58. The van der Waals surface area contributed by atoms with Crippen LogP contribution in [0.3, 0.4) is 0 Å². The van der Waals surface area contributed by atoms with Gasteiger partial charge in [-0.15, -0.1) is 0 Å². The Hall–Kier alpha value is -2.37. The molecule has 2 fully saturated rings. The van der Waals surface area contributed by atoms with Crippen LogP contribution in [0.4, 0.5) is 4.39 Å². The summed E-state index contributed by atoms with van der Waals surface area (Å²) in [6.45, 7) is 4.63. The number of hydrogen-bond donors (Lipinski definition) is 1. The van der Waals surface area contributed by atoms with E-state index < -0.39 is 0 Å². The van der Waals surface area contributed by atoms with Crippen molar-refractivity contribution in [2.75, 3.05) is 20.1 Å². The summed E-state index contributed by atoms with van der Waals surface area (Å²) in [5, 5.41) is 3.42. The number of fused-ring (bicyclic) bond motifs is 1. The molecule has 4 rings (SSSR count). The zero-order valence-corrected chi connectivity index (χ0v) is 16.2. The Morgan fingerprint density at radius 3 is 2.59 bits per heavy atom. The first-order chi connectivity index (χ1) is 13.2. The minimum Gasteiger partial charge on any atom is -0.352 e. The highest BCUT2D eigenvalue weighted by atomic mass is 19.1. The van der Waals surface area contributed by atoms with Crippen molar-refractivity contribution in [3.8, 4) is 5.69 Å². The van der Waals surface area contributed by atoms with Gasteiger partial charge in [-0.05, 0) is 49.3 Å². The van der Waals surface area contributed by atoms with Crippen LogP contribution >= 0.6 is 0 Å². The molecular weight excluding hydrogens is 341 g/mol. The van der Waals surface area contributed by atoms with Crippen LogP contribution in [0, 0.1) is 24.6 Å². The van der Waals surface area contributed by atoms with Crippen molar-refractivity contribution in [2.45, 2.75) is 39.2 Å². The second-order valence-corrected chi connectivity index (χ2v) is 7.74. The largest absolute Gasteiger partial charge is 0.352 e. The molecule has 0 amide bonds. The van der Waals surface area contributed by atoms with Crippen molar-refractivity contribution in [3.63, 3.8) is 0 Å². The van der Waals surface area contributed by atoms with Gasteiger partial charge in [-0.1, -0.05) is 18.9 Å². The first kappa shape index (κ1) is 18.0. The van der Waals surface area contributed by atoms with Crippen LogP contribution in [0.25, 0.3) is 5.69 Å². The molecule has 2 atom stereocenters. The van der Waals surface area contributed by atoms with Crippen molar-refractivity contribution in [3.05, 3.63) is 47.8 Å². The van der Waals surface area contributed by atoms with Crippen LogP contribution in [0.15, 0.2) is 35.6 Å².